The molecule has 108 valence electrons. The Morgan fingerprint density at radius 1 is 1.20 bits per heavy atom. The molecule has 1 heterocycles. The van der Waals surface area contributed by atoms with Crippen molar-refractivity contribution in [3.63, 3.8) is 0 Å². The number of aromatic amines is 1. The number of nitrogens with one attached hydrogen (secondary N) is 1. The van der Waals surface area contributed by atoms with E-state index in [4.69, 9.17) is 0 Å². The third kappa shape index (κ3) is 2.75. The fourth-order valence-corrected chi connectivity index (χ4v) is 2.95. The maximum absolute atomic E-state index is 4.36. The summed E-state index contributed by atoms with van der Waals surface area (Å²) in [6.45, 7) is 8.85. The van der Waals surface area contributed by atoms with Crippen LogP contribution in [0.25, 0.3) is 11.3 Å². The average molecular weight is 336 g/mol. The lowest BCUT2D eigenvalue weighted by Gasteiger charge is -2.20. The Labute approximate surface area is 129 Å². The second-order valence-electron chi connectivity index (χ2n) is 6.41. The van der Waals surface area contributed by atoms with E-state index in [0.29, 0.717) is 0 Å². The van der Waals surface area contributed by atoms with E-state index in [-0.39, 0.29) is 5.41 Å². The molecule has 0 bridgehead atoms. The van der Waals surface area contributed by atoms with Crippen LogP contribution in [0.5, 0.6) is 0 Å². The normalized spacial score (nSPS) is 11.8. The van der Waals surface area contributed by atoms with E-state index in [1.165, 1.54) is 16.7 Å². The van der Waals surface area contributed by atoms with Gasteiger partial charge in [0.2, 0.25) is 0 Å². The highest BCUT2D eigenvalue weighted by Crippen LogP contribution is 2.36. The largest absolute Gasteiger partial charge is 0.360 e. The molecule has 1 aromatic carbocycles. The van der Waals surface area contributed by atoms with Gasteiger partial charge in [-0.15, -0.1) is 0 Å². The number of benzene rings is 1. The molecule has 1 aromatic heterocycles. The molecule has 20 heavy (non-hydrogen) atoms. The van der Waals surface area contributed by atoms with Crippen LogP contribution in [0, 0.1) is 6.92 Å². The van der Waals surface area contributed by atoms with Crippen LogP contribution < -0.4 is 4.90 Å². The average Bonchev–Trinajstić information content (AvgIpc) is 2.70. The minimum absolute atomic E-state index is 0.170. The molecule has 0 atom stereocenters. The number of aromatic nitrogens is 2. The molecule has 3 nitrogen and oxygen atoms in total. The van der Waals surface area contributed by atoms with Crippen LogP contribution in [0.3, 0.4) is 0 Å². The van der Waals surface area contributed by atoms with E-state index in [9.17, 15) is 0 Å². The monoisotopic (exact) mass is 335 g/mol. The number of hydrogen-bond donors (Lipinski definition) is 1. The molecule has 2 rings (SSSR count). The van der Waals surface area contributed by atoms with Crippen LogP contribution in [-0.2, 0) is 5.41 Å². The van der Waals surface area contributed by atoms with Crippen LogP contribution in [0.1, 0.15) is 31.9 Å². The lowest BCUT2D eigenvalue weighted by Crippen LogP contribution is -2.11. The minimum atomic E-state index is 0.170. The standard InChI is InChI=1S/C16H22BrN3/c1-10-9-11(16(2,3)4)7-8-12(10)14-13(17)15(19-18-14)20(5)6/h7-9H,1-6H3,(H,18,19). The van der Waals surface area contributed by atoms with Crippen molar-refractivity contribution >= 4 is 21.7 Å². The van der Waals surface area contributed by atoms with Gasteiger partial charge in [-0.1, -0.05) is 39.0 Å². The molecule has 0 aliphatic carbocycles. The molecular weight excluding hydrogens is 314 g/mol. The zero-order valence-electron chi connectivity index (χ0n) is 13.0. The van der Waals surface area contributed by atoms with Crippen LogP contribution in [-0.4, -0.2) is 24.3 Å². The Hall–Kier alpha value is -1.29. The smallest absolute Gasteiger partial charge is 0.164 e. The summed E-state index contributed by atoms with van der Waals surface area (Å²) in [7, 11) is 3.97. The van der Waals surface area contributed by atoms with E-state index in [1.807, 2.05) is 19.0 Å². The van der Waals surface area contributed by atoms with Gasteiger partial charge in [-0.05, 0) is 39.4 Å². The fraction of sp³-hybridized carbons (Fsp3) is 0.438. The Morgan fingerprint density at radius 2 is 1.85 bits per heavy atom. The Bertz CT molecular complexity index is 621. The molecule has 1 N–H and O–H groups in total. The first-order valence-electron chi connectivity index (χ1n) is 6.74. The van der Waals surface area contributed by atoms with E-state index in [0.717, 1.165) is 16.0 Å². The van der Waals surface area contributed by atoms with Gasteiger partial charge in [0.05, 0.1) is 10.2 Å². The zero-order valence-corrected chi connectivity index (χ0v) is 14.6. The first kappa shape index (κ1) is 15.1. The second-order valence-corrected chi connectivity index (χ2v) is 7.20. The Balaban J connectivity index is 2.49. The summed E-state index contributed by atoms with van der Waals surface area (Å²) < 4.78 is 1.01. The van der Waals surface area contributed by atoms with Crippen molar-refractivity contribution in [3.8, 4) is 11.3 Å². The minimum Gasteiger partial charge on any atom is -0.360 e. The van der Waals surface area contributed by atoms with Gasteiger partial charge in [-0.3, -0.25) is 5.10 Å². The summed E-state index contributed by atoms with van der Waals surface area (Å²) in [5.74, 6) is 0.916. The van der Waals surface area contributed by atoms with Gasteiger partial charge in [0.1, 0.15) is 0 Å². The molecule has 0 aliphatic rings. The van der Waals surface area contributed by atoms with Crippen molar-refractivity contribution in [2.45, 2.75) is 33.1 Å². The quantitative estimate of drug-likeness (QED) is 0.875. The summed E-state index contributed by atoms with van der Waals surface area (Å²) in [6.07, 6.45) is 0. The first-order chi connectivity index (χ1) is 9.21. The fourth-order valence-electron chi connectivity index (χ4n) is 2.20. The summed E-state index contributed by atoms with van der Waals surface area (Å²) in [6, 6.07) is 6.64. The maximum Gasteiger partial charge on any atom is 0.164 e. The van der Waals surface area contributed by atoms with Crippen LogP contribution >= 0.6 is 15.9 Å². The highest BCUT2D eigenvalue weighted by atomic mass is 79.9. The van der Waals surface area contributed by atoms with Crippen molar-refractivity contribution in [2.24, 2.45) is 0 Å². The topological polar surface area (TPSA) is 31.9 Å². The highest BCUT2D eigenvalue weighted by molar-refractivity contribution is 9.10. The lowest BCUT2D eigenvalue weighted by atomic mass is 9.85. The van der Waals surface area contributed by atoms with Crippen molar-refractivity contribution in [1.29, 1.82) is 0 Å². The number of rotatable bonds is 2. The van der Waals surface area contributed by atoms with Crippen LogP contribution in [0.15, 0.2) is 22.7 Å². The summed E-state index contributed by atoms with van der Waals surface area (Å²) in [5, 5.41) is 7.49. The van der Waals surface area contributed by atoms with Gasteiger partial charge >= 0.3 is 0 Å². The molecule has 0 amide bonds. The van der Waals surface area contributed by atoms with Gasteiger partial charge in [-0.2, -0.15) is 5.10 Å². The van der Waals surface area contributed by atoms with Gasteiger partial charge in [0.25, 0.3) is 0 Å². The summed E-state index contributed by atoms with van der Waals surface area (Å²) >= 11 is 3.65. The molecule has 0 spiro atoms. The summed E-state index contributed by atoms with van der Waals surface area (Å²) in [4.78, 5) is 1.99. The maximum atomic E-state index is 4.36. The Morgan fingerprint density at radius 3 is 2.30 bits per heavy atom. The highest BCUT2D eigenvalue weighted by Gasteiger charge is 2.18. The number of hydrogen-bond acceptors (Lipinski definition) is 2. The molecule has 0 unspecified atom stereocenters. The number of aryl methyl sites for hydroxylation is 1. The van der Waals surface area contributed by atoms with Crippen LogP contribution in [0.4, 0.5) is 5.82 Å². The van der Waals surface area contributed by atoms with E-state index < -0.39 is 0 Å². The second kappa shape index (κ2) is 5.24. The predicted molar refractivity (Wildman–Crippen MR) is 89.5 cm³/mol. The lowest BCUT2D eigenvalue weighted by molar-refractivity contribution is 0.590. The molecule has 4 heteroatoms. The number of halogens is 1. The SMILES string of the molecule is Cc1cc(C(C)(C)C)ccc1-c1[nH]nc(N(C)C)c1Br. The van der Waals surface area contributed by atoms with Crippen molar-refractivity contribution in [1.82, 2.24) is 10.2 Å². The van der Waals surface area contributed by atoms with E-state index in [2.05, 4.69) is 72.0 Å². The third-order valence-electron chi connectivity index (χ3n) is 3.47. The molecule has 2 aromatic rings. The van der Waals surface area contributed by atoms with Crippen LogP contribution in [0.2, 0.25) is 0 Å². The predicted octanol–water partition coefficient (Wildman–Crippen LogP) is 4.51. The zero-order chi connectivity index (χ0) is 15.1. The molecular formula is C16H22BrN3. The van der Waals surface area contributed by atoms with Crippen molar-refractivity contribution in [3.05, 3.63) is 33.8 Å². The summed E-state index contributed by atoms with van der Waals surface area (Å²) in [5.41, 5.74) is 5.00. The molecule has 0 radical (unpaired) electrons. The first-order valence-corrected chi connectivity index (χ1v) is 7.54. The molecule has 0 fully saturated rings. The number of anilines is 1. The number of H-pyrrole nitrogens is 1. The van der Waals surface area contributed by atoms with E-state index in [1.54, 1.807) is 0 Å². The van der Waals surface area contributed by atoms with Gasteiger partial charge in [0.15, 0.2) is 5.82 Å². The van der Waals surface area contributed by atoms with Crippen molar-refractivity contribution in [2.75, 3.05) is 19.0 Å². The molecule has 0 saturated heterocycles. The van der Waals surface area contributed by atoms with Gasteiger partial charge in [-0.25, -0.2) is 0 Å². The molecule has 0 saturated carbocycles. The number of nitrogens with zero attached hydrogens (tertiary/aromatic N) is 2. The van der Waals surface area contributed by atoms with Gasteiger partial charge in [0, 0.05) is 19.7 Å². The third-order valence-corrected chi connectivity index (χ3v) is 4.23. The van der Waals surface area contributed by atoms with Gasteiger partial charge < -0.3 is 4.90 Å². The van der Waals surface area contributed by atoms with E-state index >= 15 is 0 Å². The molecule has 0 aliphatic heterocycles. The van der Waals surface area contributed by atoms with Crippen molar-refractivity contribution < 1.29 is 0 Å². The Kier molecular flexibility index (Phi) is 3.96.